The second-order valence-corrected chi connectivity index (χ2v) is 7.48. The van der Waals surface area contributed by atoms with Crippen molar-refractivity contribution in [3.8, 4) is 22.5 Å². The molecular formula is C24H21N3. The van der Waals surface area contributed by atoms with Crippen LogP contribution in [0.5, 0.6) is 0 Å². The van der Waals surface area contributed by atoms with Crippen LogP contribution in [0.1, 0.15) is 23.6 Å². The van der Waals surface area contributed by atoms with E-state index in [1.165, 1.54) is 33.5 Å². The van der Waals surface area contributed by atoms with Crippen molar-refractivity contribution in [3.63, 3.8) is 0 Å². The molecule has 0 unspecified atom stereocenters. The van der Waals surface area contributed by atoms with Crippen LogP contribution in [0.15, 0.2) is 59.6 Å². The quantitative estimate of drug-likeness (QED) is 0.461. The largest absolute Gasteiger partial charge is 0.338 e. The molecule has 0 fully saturated rings. The summed E-state index contributed by atoms with van der Waals surface area (Å²) in [6, 6.07) is 19.5. The molecule has 4 aromatic rings. The van der Waals surface area contributed by atoms with Crippen LogP contribution in [0, 0.1) is 13.8 Å². The maximum absolute atomic E-state index is 4.78. The lowest BCUT2D eigenvalue weighted by atomic mass is 10.0. The number of hydrogen-bond donors (Lipinski definition) is 1. The van der Waals surface area contributed by atoms with Crippen molar-refractivity contribution in [1.29, 1.82) is 0 Å². The topological polar surface area (TPSA) is 41.0 Å². The van der Waals surface area contributed by atoms with Crippen molar-refractivity contribution in [2.45, 2.75) is 27.2 Å². The van der Waals surface area contributed by atoms with Gasteiger partial charge in [0.25, 0.3) is 0 Å². The van der Waals surface area contributed by atoms with Crippen molar-refractivity contribution >= 4 is 22.4 Å². The highest BCUT2D eigenvalue weighted by molar-refractivity contribution is 5.93. The molecule has 0 aliphatic carbocycles. The Kier molecular flexibility index (Phi) is 3.51. The summed E-state index contributed by atoms with van der Waals surface area (Å²) < 4.78 is 0. The second-order valence-electron chi connectivity index (χ2n) is 7.48. The lowest BCUT2D eigenvalue weighted by molar-refractivity contribution is 1.29. The van der Waals surface area contributed by atoms with E-state index >= 15 is 0 Å². The molecule has 0 spiro atoms. The van der Waals surface area contributed by atoms with E-state index in [0.29, 0.717) is 0 Å². The maximum atomic E-state index is 4.78. The molecule has 3 nitrogen and oxygen atoms in total. The molecule has 27 heavy (non-hydrogen) atoms. The van der Waals surface area contributed by atoms with Crippen LogP contribution in [-0.2, 0) is 6.42 Å². The molecule has 0 bridgehead atoms. The maximum Gasteiger partial charge on any atom is 0.138 e. The van der Waals surface area contributed by atoms with E-state index in [2.05, 4.69) is 85.3 Å². The number of H-pyrrole nitrogens is 1. The first kappa shape index (κ1) is 16.0. The molecular weight excluding hydrogens is 330 g/mol. The number of aliphatic imine (C=N–C) groups is 1. The Balaban J connectivity index is 1.55. The predicted octanol–water partition coefficient (Wildman–Crippen LogP) is 6.16. The zero-order chi connectivity index (χ0) is 18.5. The number of imidazole rings is 1. The van der Waals surface area contributed by atoms with E-state index in [-0.39, 0.29) is 0 Å². The highest BCUT2D eigenvalue weighted by Crippen LogP contribution is 2.33. The SMILES string of the molecule is CC1=Nc2ccc(-c3ccc4nc(-c5ccc(C)c(C)c5)[nH]c4c3)cc2C1. The first-order chi connectivity index (χ1) is 13.1. The summed E-state index contributed by atoms with van der Waals surface area (Å²) in [5.74, 6) is 0.920. The van der Waals surface area contributed by atoms with E-state index in [1.807, 2.05) is 0 Å². The molecule has 0 saturated heterocycles. The minimum atomic E-state index is 0.920. The van der Waals surface area contributed by atoms with Crippen molar-refractivity contribution in [1.82, 2.24) is 9.97 Å². The first-order valence-corrected chi connectivity index (χ1v) is 9.32. The molecule has 0 atom stereocenters. The summed E-state index contributed by atoms with van der Waals surface area (Å²) in [6.45, 7) is 6.36. The smallest absolute Gasteiger partial charge is 0.138 e. The number of aromatic nitrogens is 2. The highest BCUT2D eigenvalue weighted by Gasteiger charge is 2.13. The van der Waals surface area contributed by atoms with E-state index in [0.717, 1.165) is 34.5 Å². The summed E-state index contributed by atoms with van der Waals surface area (Å²) >= 11 is 0. The van der Waals surface area contributed by atoms with Crippen LogP contribution < -0.4 is 0 Å². The number of aryl methyl sites for hydroxylation is 2. The third-order valence-corrected chi connectivity index (χ3v) is 5.43. The van der Waals surface area contributed by atoms with Gasteiger partial charge in [-0.3, -0.25) is 4.99 Å². The summed E-state index contributed by atoms with van der Waals surface area (Å²) in [5.41, 5.74) is 11.8. The average molecular weight is 351 g/mol. The van der Waals surface area contributed by atoms with Crippen LogP contribution in [-0.4, -0.2) is 15.7 Å². The Morgan fingerprint density at radius 1 is 0.778 bits per heavy atom. The summed E-state index contributed by atoms with van der Waals surface area (Å²) in [7, 11) is 0. The van der Waals surface area contributed by atoms with Gasteiger partial charge in [-0.2, -0.15) is 0 Å². The van der Waals surface area contributed by atoms with Gasteiger partial charge in [0.1, 0.15) is 5.82 Å². The fourth-order valence-electron chi connectivity index (χ4n) is 3.75. The van der Waals surface area contributed by atoms with Crippen molar-refractivity contribution < 1.29 is 0 Å². The Bertz CT molecular complexity index is 1230. The number of rotatable bonds is 2. The number of nitrogens with one attached hydrogen (secondary N) is 1. The minimum Gasteiger partial charge on any atom is -0.338 e. The summed E-state index contributed by atoms with van der Waals surface area (Å²) in [6.07, 6.45) is 0.951. The Hall–Kier alpha value is -3.20. The van der Waals surface area contributed by atoms with E-state index < -0.39 is 0 Å². The first-order valence-electron chi connectivity index (χ1n) is 9.32. The zero-order valence-electron chi connectivity index (χ0n) is 15.8. The Morgan fingerprint density at radius 2 is 1.56 bits per heavy atom. The van der Waals surface area contributed by atoms with Crippen LogP contribution in [0.4, 0.5) is 5.69 Å². The van der Waals surface area contributed by atoms with Crippen molar-refractivity contribution in [2.75, 3.05) is 0 Å². The molecule has 0 saturated carbocycles. The van der Waals surface area contributed by atoms with Crippen LogP contribution >= 0.6 is 0 Å². The van der Waals surface area contributed by atoms with Crippen molar-refractivity contribution in [2.24, 2.45) is 4.99 Å². The van der Waals surface area contributed by atoms with Gasteiger partial charge in [0.2, 0.25) is 0 Å². The van der Waals surface area contributed by atoms with Gasteiger partial charge in [0.05, 0.1) is 16.7 Å². The molecule has 5 rings (SSSR count). The summed E-state index contributed by atoms with van der Waals surface area (Å²) in [5, 5.41) is 0. The number of benzene rings is 3. The molecule has 0 amide bonds. The predicted molar refractivity (Wildman–Crippen MR) is 113 cm³/mol. The normalized spacial score (nSPS) is 13.1. The van der Waals surface area contributed by atoms with Gasteiger partial charge < -0.3 is 4.98 Å². The van der Waals surface area contributed by atoms with Gasteiger partial charge in [-0.15, -0.1) is 0 Å². The molecule has 2 heterocycles. The molecule has 3 aromatic carbocycles. The standard InChI is InChI=1S/C24H21N3/c1-14-4-5-19(10-15(14)2)24-26-22-9-7-18(13-23(22)27-24)17-6-8-21-20(12-17)11-16(3)25-21/h4-10,12-13H,11H2,1-3H3,(H,26,27). The lowest BCUT2D eigenvalue weighted by Gasteiger charge is -2.04. The van der Waals surface area contributed by atoms with Crippen LogP contribution in [0.2, 0.25) is 0 Å². The average Bonchev–Trinajstić information content (AvgIpc) is 3.24. The number of fused-ring (bicyclic) bond motifs is 2. The van der Waals surface area contributed by atoms with Gasteiger partial charge >= 0.3 is 0 Å². The second kappa shape index (κ2) is 5.92. The van der Waals surface area contributed by atoms with E-state index in [1.54, 1.807) is 0 Å². The number of nitrogens with zero attached hydrogens (tertiary/aromatic N) is 2. The van der Waals surface area contributed by atoms with Gasteiger partial charge in [-0.1, -0.05) is 24.3 Å². The zero-order valence-corrected chi connectivity index (χ0v) is 15.8. The fraction of sp³-hybridized carbons (Fsp3) is 0.167. The van der Waals surface area contributed by atoms with Gasteiger partial charge in [0.15, 0.2) is 0 Å². The highest BCUT2D eigenvalue weighted by atomic mass is 14.9. The molecule has 0 radical (unpaired) electrons. The third-order valence-electron chi connectivity index (χ3n) is 5.43. The summed E-state index contributed by atoms with van der Waals surface area (Å²) in [4.78, 5) is 12.9. The van der Waals surface area contributed by atoms with Crippen LogP contribution in [0.25, 0.3) is 33.5 Å². The Labute approximate surface area is 158 Å². The van der Waals surface area contributed by atoms with Crippen LogP contribution in [0.3, 0.4) is 0 Å². The molecule has 1 aliphatic rings. The molecule has 1 aliphatic heterocycles. The molecule has 1 aromatic heterocycles. The molecule has 3 heteroatoms. The number of hydrogen-bond acceptors (Lipinski definition) is 2. The van der Waals surface area contributed by atoms with Crippen molar-refractivity contribution in [3.05, 3.63) is 71.3 Å². The van der Waals surface area contributed by atoms with E-state index in [9.17, 15) is 0 Å². The molecule has 1 N–H and O–H groups in total. The fourth-order valence-corrected chi connectivity index (χ4v) is 3.75. The third kappa shape index (κ3) is 2.76. The molecule has 132 valence electrons. The van der Waals surface area contributed by atoms with Gasteiger partial charge in [-0.05, 0) is 78.9 Å². The minimum absolute atomic E-state index is 0.920. The van der Waals surface area contributed by atoms with Gasteiger partial charge in [0, 0.05) is 17.7 Å². The lowest BCUT2D eigenvalue weighted by Crippen LogP contribution is -1.89. The van der Waals surface area contributed by atoms with E-state index in [4.69, 9.17) is 4.98 Å². The number of aromatic amines is 1. The monoisotopic (exact) mass is 351 g/mol. The Morgan fingerprint density at radius 3 is 2.41 bits per heavy atom. The van der Waals surface area contributed by atoms with Gasteiger partial charge in [-0.25, -0.2) is 4.98 Å².